The molecule has 1 amide bonds. The van der Waals surface area contributed by atoms with Crippen LogP contribution >= 0.6 is 23.1 Å². The average molecular weight is 480 g/mol. The van der Waals surface area contributed by atoms with E-state index in [1.807, 2.05) is 73.3 Å². The molecule has 0 atom stereocenters. The van der Waals surface area contributed by atoms with E-state index in [-0.39, 0.29) is 5.91 Å². The lowest BCUT2D eigenvalue weighted by Gasteiger charge is -2.21. The van der Waals surface area contributed by atoms with Crippen LogP contribution in [0.2, 0.25) is 0 Å². The van der Waals surface area contributed by atoms with Crippen molar-refractivity contribution in [3.05, 3.63) is 64.7 Å². The molecule has 0 saturated heterocycles. The first-order valence-corrected chi connectivity index (χ1v) is 12.2. The molecular formula is C24H25N5O2S2. The maximum Gasteiger partial charge on any atom is 0.230 e. The van der Waals surface area contributed by atoms with Gasteiger partial charge in [-0.1, -0.05) is 36.0 Å². The van der Waals surface area contributed by atoms with Gasteiger partial charge in [-0.15, -0.1) is 21.5 Å². The van der Waals surface area contributed by atoms with E-state index in [2.05, 4.69) is 10.2 Å². The van der Waals surface area contributed by atoms with Crippen LogP contribution in [0.1, 0.15) is 23.7 Å². The zero-order valence-electron chi connectivity index (χ0n) is 19.2. The molecule has 2 heterocycles. The van der Waals surface area contributed by atoms with E-state index in [1.54, 1.807) is 30.7 Å². The normalized spacial score (nSPS) is 10.9. The molecule has 4 aromatic rings. The van der Waals surface area contributed by atoms with Gasteiger partial charge >= 0.3 is 0 Å². The van der Waals surface area contributed by atoms with Crippen molar-refractivity contribution < 1.29 is 9.53 Å². The number of methoxy groups -OCH3 is 1. The van der Waals surface area contributed by atoms with Crippen LogP contribution < -0.4 is 9.64 Å². The summed E-state index contributed by atoms with van der Waals surface area (Å²) in [6, 6.07) is 13.7. The van der Waals surface area contributed by atoms with Gasteiger partial charge in [0.15, 0.2) is 16.1 Å². The number of hydrogen-bond donors (Lipinski definition) is 0. The molecule has 0 aliphatic heterocycles. The van der Waals surface area contributed by atoms with Crippen molar-refractivity contribution in [2.24, 2.45) is 7.05 Å². The molecular weight excluding hydrogens is 454 g/mol. The van der Waals surface area contributed by atoms with Crippen LogP contribution in [0.4, 0.5) is 10.8 Å². The molecule has 0 spiro atoms. The predicted octanol–water partition coefficient (Wildman–Crippen LogP) is 5.54. The Bertz CT molecular complexity index is 1300. The first-order valence-electron chi connectivity index (χ1n) is 10.4. The summed E-state index contributed by atoms with van der Waals surface area (Å²) in [5.41, 5.74) is 4.86. The van der Waals surface area contributed by atoms with Gasteiger partial charge in [-0.3, -0.25) is 9.69 Å². The monoisotopic (exact) mass is 479 g/mol. The standard InChI is InChI=1S/C24H25N5O2S2/c1-15-9-8-11-20(16(15)2)29(17(3)30)23-25-18(13-32-23)14-33-24-27-26-22(28(24)4)19-10-6-7-12-21(19)31-5/h6-13H,14H2,1-5H3. The number of carbonyl (C=O) groups excluding carboxylic acids is 1. The molecule has 33 heavy (non-hydrogen) atoms. The van der Waals surface area contributed by atoms with Crippen LogP contribution in [0.15, 0.2) is 53.0 Å². The number of aromatic nitrogens is 4. The summed E-state index contributed by atoms with van der Waals surface area (Å²) in [5.74, 6) is 2.05. The maximum atomic E-state index is 12.5. The first-order chi connectivity index (χ1) is 15.9. The van der Waals surface area contributed by atoms with E-state index in [0.29, 0.717) is 10.9 Å². The van der Waals surface area contributed by atoms with Crippen molar-refractivity contribution in [2.75, 3.05) is 12.0 Å². The first kappa shape index (κ1) is 23.0. The van der Waals surface area contributed by atoms with Crippen LogP contribution in [-0.4, -0.2) is 32.8 Å². The van der Waals surface area contributed by atoms with Crippen molar-refractivity contribution in [3.63, 3.8) is 0 Å². The molecule has 7 nitrogen and oxygen atoms in total. The maximum absolute atomic E-state index is 12.5. The van der Waals surface area contributed by atoms with E-state index in [9.17, 15) is 4.79 Å². The second-order valence-electron chi connectivity index (χ2n) is 7.55. The van der Waals surface area contributed by atoms with Gasteiger partial charge in [0, 0.05) is 25.1 Å². The average Bonchev–Trinajstić information content (AvgIpc) is 3.41. The number of anilines is 2. The summed E-state index contributed by atoms with van der Waals surface area (Å²) in [5, 5.41) is 12.1. The molecule has 0 saturated carbocycles. The van der Waals surface area contributed by atoms with Crippen LogP contribution in [0.5, 0.6) is 5.75 Å². The lowest BCUT2D eigenvalue weighted by Crippen LogP contribution is -2.23. The molecule has 0 aliphatic carbocycles. The molecule has 0 aliphatic rings. The van der Waals surface area contributed by atoms with E-state index < -0.39 is 0 Å². The van der Waals surface area contributed by atoms with Gasteiger partial charge in [-0.25, -0.2) is 4.98 Å². The number of amides is 1. The molecule has 0 bridgehead atoms. The number of carbonyl (C=O) groups is 1. The summed E-state index contributed by atoms with van der Waals surface area (Å²) in [7, 11) is 3.59. The van der Waals surface area contributed by atoms with Gasteiger partial charge in [0.05, 0.1) is 24.1 Å². The van der Waals surface area contributed by atoms with Crippen molar-refractivity contribution >= 4 is 39.8 Å². The molecule has 9 heteroatoms. The highest BCUT2D eigenvalue weighted by atomic mass is 32.2. The minimum atomic E-state index is -0.0630. The molecule has 2 aromatic heterocycles. The number of benzene rings is 2. The third-order valence-corrected chi connectivity index (χ3v) is 7.32. The molecule has 0 unspecified atom stereocenters. The Balaban J connectivity index is 1.53. The number of ether oxygens (including phenoxy) is 1. The third kappa shape index (κ3) is 4.65. The van der Waals surface area contributed by atoms with Crippen LogP contribution in [0, 0.1) is 13.8 Å². The smallest absolute Gasteiger partial charge is 0.230 e. The molecule has 0 radical (unpaired) electrons. The van der Waals surface area contributed by atoms with Crippen molar-refractivity contribution in [2.45, 2.75) is 31.7 Å². The number of aryl methyl sites for hydroxylation is 1. The number of rotatable bonds is 7. The van der Waals surface area contributed by atoms with Crippen LogP contribution in [-0.2, 0) is 17.6 Å². The minimum absolute atomic E-state index is 0.0630. The number of hydrogen-bond acceptors (Lipinski definition) is 7. The Hall–Kier alpha value is -3.17. The predicted molar refractivity (Wildman–Crippen MR) is 133 cm³/mol. The SMILES string of the molecule is COc1ccccc1-c1nnc(SCc2csc(N(C(C)=O)c3cccc(C)c3C)n2)n1C. The highest BCUT2D eigenvalue weighted by Crippen LogP contribution is 2.34. The fourth-order valence-corrected chi connectivity index (χ4v) is 5.28. The van der Waals surface area contributed by atoms with Crippen molar-refractivity contribution in [1.82, 2.24) is 19.7 Å². The van der Waals surface area contributed by atoms with E-state index in [1.165, 1.54) is 11.3 Å². The van der Waals surface area contributed by atoms with Gasteiger partial charge in [0.2, 0.25) is 5.91 Å². The summed E-state index contributed by atoms with van der Waals surface area (Å²) in [6.45, 7) is 5.64. The Morgan fingerprint density at radius 2 is 1.94 bits per heavy atom. The summed E-state index contributed by atoms with van der Waals surface area (Å²) in [4.78, 5) is 18.9. The Morgan fingerprint density at radius 3 is 2.70 bits per heavy atom. The second kappa shape index (κ2) is 9.76. The zero-order valence-corrected chi connectivity index (χ0v) is 20.8. The second-order valence-corrected chi connectivity index (χ2v) is 9.33. The van der Waals surface area contributed by atoms with E-state index in [0.717, 1.165) is 44.8 Å². The van der Waals surface area contributed by atoms with Gasteiger partial charge < -0.3 is 9.30 Å². The molecule has 2 aromatic carbocycles. The Kier molecular flexibility index (Phi) is 6.80. The topological polar surface area (TPSA) is 73.1 Å². The van der Waals surface area contributed by atoms with Crippen molar-refractivity contribution in [1.29, 1.82) is 0 Å². The minimum Gasteiger partial charge on any atom is -0.496 e. The number of nitrogens with zero attached hydrogens (tertiary/aromatic N) is 5. The number of thioether (sulfide) groups is 1. The lowest BCUT2D eigenvalue weighted by molar-refractivity contribution is -0.115. The van der Waals surface area contributed by atoms with Crippen molar-refractivity contribution in [3.8, 4) is 17.1 Å². The lowest BCUT2D eigenvalue weighted by atomic mass is 10.1. The zero-order chi connectivity index (χ0) is 23.5. The van der Waals surface area contributed by atoms with Gasteiger partial charge in [-0.05, 0) is 43.2 Å². The molecule has 4 rings (SSSR count). The Labute approximate surface area is 201 Å². The highest BCUT2D eigenvalue weighted by molar-refractivity contribution is 7.98. The fraction of sp³-hybridized carbons (Fsp3) is 0.250. The quantitative estimate of drug-likeness (QED) is 0.324. The van der Waals surface area contributed by atoms with E-state index >= 15 is 0 Å². The summed E-state index contributed by atoms with van der Waals surface area (Å²) in [6.07, 6.45) is 0. The van der Waals surface area contributed by atoms with Gasteiger partial charge in [-0.2, -0.15) is 0 Å². The Morgan fingerprint density at radius 1 is 1.15 bits per heavy atom. The third-order valence-electron chi connectivity index (χ3n) is 5.39. The van der Waals surface area contributed by atoms with Gasteiger partial charge in [0.1, 0.15) is 5.75 Å². The number of thiazole rings is 1. The van der Waals surface area contributed by atoms with Gasteiger partial charge in [0.25, 0.3) is 0 Å². The van der Waals surface area contributed by atoms with Crippen LogP contribution in [0.25, 0.3) is 11.4 Å². The van der Waals surface area contributed by atoms with Crippen LogP contribution in [0.3, 0.4) is 0 Å². The summed E-state index contributed by atoms with van der Waals surface area (Å²) < 4.78 is 7.41. The molecule has 0 N–H and O–H groups in total. The largest absolute Gasteiger partial charge is 0.496 e. The fourth-order valence-electron chi connectivity index (χ4n) is 3.49. The highest BCUT2D eigenvalue weighted by Gasteiger charge is 2.21. The molecule has 0 fully saturated rings. The van der Waals surface area contributed by atoms with E-state index in [4.69, 9.17) is 9.72 Å². The number of para-hydroxylation sites is 1. The molecule has 170 valence electrons. The summed E-state index contributed by atoms with van der Waals surface area (Å²) >= 11 is 3.02.